The number of hydrogen-bond acceptors (Lipinski definition) is 2. The van der Waals surface area contributed by atoms with Gasteiger partial charge in [0.1, 0.15) is 0 Å². The minimum Gasteiger partial charge on any atom is -0.393 e. The van der Waals surface area contributed by atoms with Gasteiger partial charge >= 0.3 is 0 Å². The van der Waals surface area contributed by atoms with Crippen molar-refractivity contribution in [3.05, 3.63) is 35.9 Å². The number of hydrogen-bond donors (Lipinski definition) is 2. The van der Waals surface area contributed by atoms with Crippen LogP contribution in [0.1, 0.15) is 50.5 Å². The third kappa shape index (κ3) is 4.11. The van der Waals surface area contributed by atoms with Crippen LogP contribution in [0.4, 0.5) is 0 Å². The van der Waals surface area contributed by atoms with Gasteiger partial charge in [0.05, 0.1) is 6.10 Å². The van der Waals surface area contributed by atoms with Crippen molar-refractivity contribution in [3.8, 4) is 0 Å². The fourth-order valence-corrected chi connectivity index (χ4v) is 2.80. The standard InChI is InChI=1S/C16H25NO/c1-13(14-6-3-2-4-7-14)10-11-17-15-8-5-9-16(18)12-15/h2-4,6-7,13,15-18H,5,8-12H2,1H3. The maximum atomic E-state index is 9.63. The van der Waals surface area contributed by atoms with Crippen molar-refractivity contribution in [2.24, 2.45) is 0 Å². The zero-order valence-electron chi connectivity index (χ0n) is 11.3. The highest BCUT2D eigenvalue weighted by Gasteiger charge is 2.19. The summed E-state index contributed by atoms with van der Waals surface area (Å²) in [4.78, 5) is 0. The largest absolute Gasteiger partial charge is 0.393 e. The zero-order valence-corrected chi connectivity index (χ0v) is 11.3. The number of aliphatic hydroxyl groups excluding tert-OH is 1. The maximum Gasteiger partial charge on any atom is 0.0555 e. The van der Waals surface area contributed by atoms with Gasteiger partial charge in [0.2, 0.25) is 0 Å². The van der Waals surface area contributed by atoms with Crippen molar-refractivity contribution >= 4 is 0 Å². The van der Waals surface area contributed by atoms with Crippen LogP contribution in [0.25, 0.3) is 0 Å². The maximum absolute atomic E-state index is 9.63. The summed E-state index contributed by atoms with van der Waals surface area (Å²) in [6.45, 7) is 3.33. The molecule has 0 aliphatic heterocycles. The Morgan fingerprint density at radius 3 is 2.78 bits per heavy atom. The molecule has 0 radical (unpaired) electrons. The first-order chi connectivity index (χ1) is 8.75. The zero-order chi connectivity index (χ0) is 12.8. The van der Waals surface area contributed by atoms with Crippen molar-refractivity contribution in [3.63, 3.8) is 0 Å². The molecule has 2 rings (SSSR count). The van der Waals surface area contributed by atoms with E-state index in [2.05, 4.69) is 42.6 Å². The van der Waals surface area contributed by atoms with Crippen LogP contribution in [0, 0.1) is 0 Å². The van der Waals surface area contributed by atoms with E-state index in [0.717, 1.165) is 32.2 Å². The van der Waals surface area contributed by atoms with Gasteiger partial charge in [0.25, 0.3) is 0 Å². The molecule has 0 saturated heterocycles. The molecule has 3 unspecified atom stereocenters. The van der Waals surface area contributed by atoms with Gasteiger partial charge in [-0.1, -0.05) is 37.3 Å². The lowest BCUT2D eigenvalue weighted by Gasteiger charge is -2.27. The van der Waals surface area contributed by atoms with E-state index in [1.807, 2.05) is 0 Å². The lowest BCUT2D eigenvalue weighted by molar-refractivity contribution is 0.112. The first-order valence-corrected chi connectivity index (χ1v) is 7.22. The second-order valence-corrected chi connectivity index (χ2v) is 5.57. The van der Waals surface area contributed by atoms with Gasteiger partial charge in [-0.2, -0.15) is 0 Å². The van der Waals surface area contributed by atoms with E-state index in [-0.39, 0.29) is 6.10 Å². The number of nitrogens with one attached hydrogen (secondary N) is 1. The Morgan fingerprint density at radius 1 is 1.28 bits per heavy atom. The van der Waals surface area contributed by atoms with Crippen LogP contribution in [-0.4, -0.2) is 23.8 Å². The Morgan fingerprint density at radius 2 is 2.06 bits per heavy atom. The minimum absolute atomic E-state index is 0.0807. The van der Waals surface area contributed by atoms with Gasteiger partial charge < -0.3 is 10.4 Å². The molecule has 1 fully saturated rings. The van der Waals surface area contributed by atoms with Crippen LogP contribution >= 0.6 is 0 Å². The monoisotopic (exact) mass is 247 g/mol. The summed E-state index contributed by atoms with van der Waals surface area (Å²) in [5.41, 5.74) is 1.42. The van der Waals surface area contributed by atoms with Crippen LogP contribution < -0.4 is 5.32 Å². The van der Waals surface area contributed by atoms with E-state index in [9.17, 15) is 5.11 Å². The van der Waals surface area contributed by atoms with Crippen LogP contribution in [0.3, 0.4) is 0 Å². The summed E-state index contributed by atoms with van der Waals surface area (Å²) in [6.07, 6.45) is 5.38. The molecule has 0 spiro atoms. The van der Waals surface area contributed by atoms with Crippen LogP contribution in [-0.2, 0) is 0 Å². The molecule has 1 aromatic carbocycles. The van der Waals surface area contributed by atoms with E-state index in [4.69, 9.17) is 0 Å². The third-order valence-electron chi connectivity index (χ3n) is 4.03. The molecule has 0 amide bonds. The summed E-state index contributed by atoms with van der Waals surface area (Å²) in [6, 6.07) is 11.2. The van der Waals surface area contributed by atoms with E-state index in [1.165, 1.54) is 12.0 Å². The third-order valence-corrected chi connectivity index (χ3v) is 4.03. The number of rotatable bonds is 5. The molecule has 100 valence electrons. The van der Waals surface area contributed by atoms with Gasteiger partial charge in [0.15, 0.2) is 0 Å². The first kappa shape index (κ1) is 13.6. The number of aliphatic hydroxyl groups is 1. The Bertz CT molecular complexity index is 338. The van der Waals surface area contributed by atoms with Gasteiger partial charge in [0, 0.05) is 6.04 Å². The molecule has 0 bridgehead atoms. The molecular formula is C16H25NO. The van der Waals surface area contributed by atoms with Crippen molar-refractivity contribution < 1.29 is 5.11 Å². The summed E-state index contributed by atoms with van der Waals surface area (Å²) >= 11 is 0. The topological polar surface area (TPSA) is 32.3 Å². The normalized spacial score (nSPS) is 25.9. The molecule has 2 heteroatoms. The van der Waals surface area contributed by atoms with Crippen LogP contribution in [0.5, 0.6) is 0 Å². The molecule has 1 aromatic rings. The Kier molecular flexibility index (Phi) is 5.21. The van der Waals surface area contributed by atoms with Crippen molar-refractivity contribution in [1.29, 1.82) is 0 Å². The van der Waals surface area contributed by atoms with Gasteiger partial charge in [-0.05, 0) is 50.1 Å². The first-order valence-electron chi connectivity index (χ1n) is 7.22. The lowest BCUT2D eigenvalue weighted by atomic mass is 9.92. The summed E-state index contributed by atoms with van der Waals surface area (Å²) < 4.78 is 0. The molecule has 0 heterocycles. The highest BCUT2D eigenvalue weighted by atomic mass is 16.3. The van der Waals surface area contributed by atoms with Gasteiger partial charge in [-0.15, -0.1) is 0 Å². The average Bonchev–Trinajstić information content (AvgIpc) is 2.40. The highest BCUT2D eigenvalue weighted by Crippen LogP contribution is 2.20. The quantitative estimate of drug-likeness (QED) is 0.838. The minimum atomic E-state index is -0.0807. The second kappa shape index (κ2) is 6.91. The lowest BCUT2D eigenvalue weighted by Crippen LogP contribution is -2.36. The van der Waals surface area contributed by atoms with E-state index < -0.39 is 0 Å². The van der Waals surface area contributed by atoms with E-state index in [0.29, 0.717) is 12.0 Å². The molecule has 1 aliphatic rings. The molecule has 3 atom stereocenters. The predicted molar refractivity (Wildman–Crippen MR) is 75.7 cm³/mol. The molecular weight excluding hydrogens is 222 g/mol. The van der Waals surface area contributed by atoms with Crippen LogP contribution in [0.15, 0.2) is 30.3 Å². The average molecular weight is 247 g/mol. The van der Waals surface area contributed by atoms with Crippen molar-refractivity contribution in [2.45, 2.75) is 57.1 Å². The molecule has 0 aromatic heterocycles. The Balaban J connectivity index is 1.69. The SMILES string of the molecule is CC(CCNC1CCCC(O)C1)c1ccccc1. The van der Waals surface area contributed by atoms with Crippen molar-refractivity contribution in [1.82, 2.24) is 5.32 Å². The van der Waals surface area contributed by atoms with Crippen molar-refractivity contribution in [2.75, 3.05) is 6.54 Å². The number of benzene rings is 1. The smallest absolute Gasteiger partial charge is 0.0555 e. The molecule has 1 saturated carbocycles. The van der Waals surface area contributed by atoms with Gasteiger partial charge in [-0.3, -0.25) is 0 Å². The summed E-state index contributed by atoms with van der Waals surface area (Å²) in [7, 11) is 0. The fourth-order valence-electron chi connectivity index (χ4n) is 2.80. The molecule has 2 N–H and O–H groups in total. The highest BCUT2D eigenvalue weighted by molar-refractivity contribution is 5.18. The molecule has 2 nitrogen and oxygen atoms in total. The summed E-state index contributed by atoms with van der Waals surface area (Å²) in [5.74, 6) is 0.604. The molecule has 1 aliphatic carbocycles. The van der Waals surface area contributed by atoms with E-state index >= 15 is 0 Å². The Labute approximate surface area is 110 Å². The van der Waals surface area contributed by atoms with Crippen LogP contribution in [0.2, 0.25) is 0 Å². The molecule has 18 heavy (non-hydrogen) atoms. The summed E-state index contributed by atoms with van der Waals surface area (Å²) in [5, 5.41) is 13.2. The van der Waals surface area contributed by atoms with Gasteiger partial charge in [-0.25, -0.2) is 0 Å². The second-order valence-electron chi connectivity index (χ2n) is 5.57. The Hall–Kier alpha value is -0.860. The predicted octanol–water partition coefficient (Wildman–Crippen LogP) is 3.07. The fraction of sp³-hybridized carbons (Fsp3) is 0.625. The van der Waals surface area contributed by atoms with E-state index in [1.54, 1.807) is 0 Å².